The first-order valence-corrected chi connectivity index (χ1v) is 10.9. The molecule has 1 heterocycles. The lowest BCUT2D eigenvalue weighted by Crippen LogP contribution is -2.24. The fourth-order valence-electron chi connectivity index (χ4n) is 3.73. The van der Waals surface area contributed by atoms with Crippen molar-refractivity contribution in [2.24, 2.45) is 0 Å². The zero-order valence-electron chi connectivity index (χ0n) is 18.2. The minimum absolute atomic E-state index is 0.0765. The van der Waals surface area contributed by atoms with Crippen molar-refractivity contribution in [1.82, 2.24) is 15.5 Å². The van der Waals surface area contributed by atoms with Gasteiger partial charge in [-0.3, -0.25) is 4.79 Å². The molecule has 3 aromatic rings. The molecule has 1 aliphatic rings. The average molecular weight is 430 g/mol. The van der Waals surface area contributed by atoms with E-state index in [2.05, 4.69) is 21.6 Å². The maximum atomic E-state index is 12.6. The quantitative estimate of drug-likeness (QED) is 0.474. The molecule has 164 valence electrons. The number of nitrogens with zero attached hydrogens (tertiary/aromatic N) is 2. The lowest BCUT2D eigenvalue weighted by molar-refractivity contribution is 0.0954. The van der Waals surface area contributed by atoms with Crippen molar-refractivity contribution in [1.29, 1.82) is 0 Å². The van der Waals surface area contributed by atoms with Gasteiger partial charge in [-0.05, 0) is 62.4 Å². The molecule has 0 spiro atoms. The summed E-state index contributed by atoms with van der Waals surface area (Å²) < 4.78 is 11.1. The Labute approximate surface area is 188 Å². The zero-order valence-corrected chi connectivity index (χ0v) is 18.2. The number of carbonyl (C=O) groups is 1. The van der Waals surface area contributed by atoms with E-state index in [0.29, 0.717) is 35.2 Å². The van der Waals surface area contributed by atoms with Crippen LogP contribution in [-0.4, -0.2) is 29.8 Å². The lowest BCUT2D eigenvalue weighted by Gasteiger charge is -2.13. The van der Waals surface area contributed by atoms with Gasteiger partial charge in [-0.2, -0.15) is 0 Å². The summed E-state index contributed by atoms with van der Waals surface area (Å²) in [6, 6.07) is 18.3. The van der Waals surface area contributed by atoms with Crippen LogP contribution < -0.4 is 14.8 Å². The number of para-hydroxylation sites is 2. The molecular weight excluding hydrogens is 402 g/mol. The molecular formula is C26H27N3O3. The lowest BCUT2D eigenvalue weighted by atomic mass is 9.97. The molecule has 0 saturated heterocycles. The van der Waals surface area contributed by atoms with E-state index in [1.165, 1.54) is 18.4 Å². The number of benzene rings is 2. The molecule has 0 atom stereocenters. The third-order valence-electron chi connectivity index (χ3n) is 5.46. The maximum absolute atomic E-state index is 12.6. The van der Waals surface area contributed by atoms with Gasteiger partial charge in [0.1, 0.15) is 0 Å². The van der Waals surface area contributed by atoms with Crippen LogP contribution in [0.5, 0.6) is 17.4 Å². The Morgan fingerprint density at radius 2 is 1.88 bits per heavy atom. The van der Waals surface area contributed by atoms with Crippen LogP contribution in [0.4, 0.5) is 0 Å². The molecule has 0 unspecified atom stereocenters. The van der Waals surface area contributed by atoms with Crippen molar-refractivity contribution in [2.75, 3.05) is 13.7 Å². The molecule has 0 radical (unpaired) electrons. The van der Waals surface area contributed by atoms with Crippen LogP contribution in [0.25, 0.3) is 11.3 Å². The van der Waals surface area contributed by atoms with Gasteiger partial charge < -0.3 is 14.8 Å². The van der Waals surface area contributed by atoms with E-state index in [0.717, 1.165) is 24.8 Å². The van der Waals surface area contributed by atoms with E-state index in [-0.39, 0.29) is 5.91 Å². The van der Waals surface area contributed by atoms with Gasteiger partial charge in [-0.15, -0.1) is 10.2 Å². The summed E-state index contributed by atoms with van der Waals surface area (Å²) in [7, 11) is 1.59. The van der Waals surface area contributed by atoms with Gasteiger partial charge in [0.15, 0.2) is 11.5 Å². The second-order valence-electron chi connectivity index (χ2n) is 7.70. The van der Waals surface area contributed by atoms with Crippen molar-refractivity contribution >= 4 is 5.91 Å². The third-order valence-corrected chi connectivity index (χ3v) is 5.46. The highest BCUT2D eigenvalue weighted by Gasteiger charge is 2.10. The van der Waals surface area contributed by atoms with Crippen LogP contribution in [0.3, 0.4) is 0 Å². The highest BCUT2D eigenvalue weighted by Crippen LogP contribution is 2.30. The number of ether oxygens (including phenoxy) is 2. The molecule has 1 amide bonds. The van der Waals surface area contributed by atoms with Crippen LogP contribution in [0, 0.1) is 0 Å². The van der Waals surface area contributed by atoms with Gasteiger partial charge in [0, 0.05) is 23.7 Å². The normalized spacial score (nSPS) is 13.2. The molecule has 0 fully saturated rings. The third kappa shape index (κ3) is 5.52. The predicted octanol–water partition coefficient (Wildman–Crippen LogP) is 5.56. The van der Waals surface area contributed by atoms with Crippen molar-refractivity contribution < 1.29 is 14.3 Å². The van der Waals surface area contributed by atoms with Gasteiger partial charge in [0.2, 0.25) is 5.88 Å². The van der Waals surface area contributed by atoms with Crippen LogP contribution in [0.1, 0.15) is 42.5 Å². The molecule has 6 heteroatoms. The first-order valence-electron chi connectivity index (χ1n) is 10.9. The summed E-state index contributed by atoms with van der Waals surface area (Å²) in [6.45, 7) is 0.656. The summed E-state index contributed by atoms with van der Waals surface area (Å²) in [5.74, 6) is 1.48. The molecule has 32 heavy (non-hydrogen) atoms. The maximum Gasteiger partial charge on any atom is 0.251 e. The summed E-state index contributed by atoms with van der Waals surface area (Å²) in [6.07, 6.45) is 8.08. The van der Waals surface area contributed by atoms with Crippen LogP contribution >= 0.6 is 0 Å². The molecule has 0 aliphatic heterocycles. The van der Waals surface area contributed by atoms with Crippen molar-refractivity contribution in [3.05, 3.63) is 77.9 Å². The van der Waals surface area contributed by atoms with Crippen molar-refractivity contribution in [3.63, 3.8) is 0 Å². The molecule has 0 saturated carbocycles. The van der Waals surface area contributed by atoms with Gasteiger partial charge in [-0.25, -0.2) is 0 Å². The average Bonchev–Trinajstić information content (AvgIpc) is 2.85. The fourth-order valence-corrected chi connectivity index (χ4v) is 3.73. The van der Waals surface area contributed by atoms with E-state index >= 15 is 0 Å². The first-order chi connectivity index (χ1) is 15.7. The van der Waals surface area contributed by atoms with Crippen LogP contribution in [0.2, 0.25) is 0 Å². The Morgan fingerprint density at radius 1 is 1.00 bits per heavy atom. The van der Waals surface area contributed by atoms with E-state index in [1.807, 2.05) is 48.5 Å². The predicted molar refractivity (Wildman–Crippen MR) is 124 cm³/mol. The minimum atomic E-state index is -0.0765. The summed E-state index contributed by atoms with van der Waals surface area (Å²) in [5.41, 5.74) is 3.55. The minimum Gasteiger partial charge on any atom is -0.493 e. The number of nitrogens with one attached hydrogen (secondary N) is 1. The molecule has 6 nitrogen and oxygen atoms in total. The second kappa shape index (κ2) is 10.6. The zero-order chi connectivity index (χ0) is 22.2. The number of allylic oxidation sites excluding steroid dienone is 1. The smallest absolute Gasteiger partial charge is 0.251 e. The summed E-state index contributed by atoms with van der Waals surface area (Å²) >= 11 is 0. The molecule has 1 N–H and O–H groups in total. The van der Waals surface area contributed by atoms with Gasteiger partial charge in [0.25, 0.3) is 5.91 Å². The Bertz CT molecular complexity index is 1090. The van der Waals surface area contributed by atoms with Crippen molar-refractivity contribution in [3.8, 4) is 28.6 Å². The summed E-state index contributed by atoms with van der Waals surface area (Å²) in [4.78, 5) is 12.6. The fraction of sp³-hybridized carbons (Fsp3) is 0.269. The SMILES string of the molecule is COc1ccccc1Oc1ccc(-c2cccc(C(=O)NCCC3=CCCCC3)c2)nn1. The Balaban J connectivity index is 1.39. The highest BCUT2D eigenvalue weighted by molar-refractivity contribution is 5.95. The number of rotatable bonds is 8. The number of amides is 1. The van der Waals surface area contributed by atoms with Crippen LogP contribution in [-0.2, 0) is 0 Å². The summed E-state index contributed by atoms with van der Waals surface area (Å²) in [5, 5.41) is 11.5. The molecule has 1 aliphatic carbocycles. The van der Waals surface area contributed by atoms with Gasteiger partial charge in [-0.1, -0.05) is 35.9 Å². The number of methoxy groups -OCH3 is 1. The monoisotopic (exact) mass is 429 g/mol. The van der Waals surface area contributed by atoms with Crippen LogP contribution in [0.15, 0.2) is 72.3 Å². The number of aromatic nitrogens is 2. The Kier molecular flexibility index (Phi) is 7.12. The standard InChI is InChI=1S/C26H27N3O3/c1-31-23-12-5-6-13-24(23)32-25-15-14-22(28-29-25)20-10-7-11-21(18-20)26(30)27-17-16-19-8-3-2-4-9-19/h5-8,10-15,18H,2-4,9,16-17H2,1H3,(H,27,30). The van der Waals surface area contributed by atoms with E-state index in [4.69, 9.17) is 9.47 Å². The van der Waals surface area contributed by atoms with E-state index in [9.17, 15) is 4.79 Å². The molecule has 4 rings (SSSR count). The topological polar surface area (TPSA) is 73.3 Å². The number of carbonyl (C=O) groups excluding carboxylic acids is 1. The second-order valence-corrected chi connectivity index (χ2v) is 7.70. The Morgan fingerprint density at radius 3 is 2.62 bits per heavy atom. The Hall–Kier alpha value is -3.67. The molecule has 0 bridgehead atoms. The van der Waals surface area contributed by atoms with Crippen molar-refractivity contribution in [2.45, 2.75) is 32.1 Å². The largest absolute Gasteiger partial charge is 0.493 e. The molecule has 1 aromatic heterocycles. The van der Waals surface area contributed by atoms with E-state index < -0.39 is 0 Å². The first kappa shape index (κ1) is 21.6. The highest BCUT2D eigenvalue weighted by atomic mass is 16.5. The number of hydrogen-bond donors (Lipinski definition) is 1. The van der Waals surface area contributed by atoms with Gasteiger partial charge in [0.05, 0.1) is 12.8 Å². The van der Waals surface area contributed by atoms with E-state index in [1.54, 1.807) is 19.2 Å². The number of hydrogen-bond acceptors (Lipinski definition) is 5. The van der Waals surface area contributed by atoms with Gasteiger partial charge >= 0.3 is 0 Å². The molecule has 2 aromatic carbocycles.